The summed E-state index contributed by atoms with van der Waals surface area (Å²) >= 11 is 0. The van der Waals surface area contributed by atoms with E-state index in [-0.39, 0.29) is 18.9 Å². The second-order valence-corrected chi connectivity index (χ2v) is 7.08. The van der Waals surface area contributed by atoms with Gasteiger partial charge in [-0.15, -0.1) is 0 Å². The number of aromatic amines is 1. The van der Waals surface area contributed by atoms with Crippen LogP contribution in [0.2, 0.25) is 0 Å². The lowest BCUT2D eigenvalue weighted by Gasteiger charge is -2.24. The highest BCUT2D eigenvalue weighted by molar-refractivity contribution is 5.93. The van der Waals surface area contributed by atoms with Crippen molar-refractivity contribution < 1.29 is 14.6 Å². The fourth-order valence-electron chi connectivity index (χ4n) is 2.74. The molecule has 0 aliphatic heterocycles. The molecule has 0 bridgehead atoms. The van der Waals surface area contributed by atoms with E-state index in [2.05, 4.69) is 24.1 Å². The normalized spacial score (nSPS) is 13.9. The monoisotopic (exact) mass is 332 g/mol. The Labute approximate surface area is 143 Å². The zero-order valence-electron chi connectivity index (χ0n) is 15.0. The largest absolute Gasteiger partial charge is 0.496 e. The van der Waals surface area contributed by atoms with Crippen LogP contribution in [0.15, 0.2) is 24.4 Å². The molecule has 0 aliphatic carbocycles. The molecule has 5 nitrogen and oxygen atoms in total. The van der Waals surface area contributed by atoms with Gasteiger partial charge in [0.05, 0.1) is 19.1 Å². The third-order valence-electron chi connectivity index (χ3n) is 4.25. The number of nitrogens with one attached hydrogen (secondary N) is 2. The van der Waals surface area contributed by atoms with Gasteiger partial charge in [0.1, 0.15) is 5.75 Å². The van der Waals surface area contributed by atoms with Gasteiger partial charge in [-0.3, -0.25) is 4.79 Å². The van der Waals surface area contributed by atoms with Crippen LogP contribution in [-0.4, -0.2) is 35.3 Å². The SMILES string of the molecule is COc1cccc2[nH]cc(CC(=O)NCC(C)(O)CCC(C)C)c12. The first kappa shape index (κ1) is 18.3. The van der Waals surface area contributed by atoms with Crippen molar-refractivity contribution in [3.8, 4) is 5.75 Å². The van der Waals surface area contributed by atoms with Crippen LogP contribution in [0.5, 0.6) is 5.75 Å². The van der Waals surface area contributed by atoms with Crippen LogP contribution in [0.25, 0.3) is 10.9 Å². The molecule has 5 heteroatoms. The number of hydrogen-bond acceptors (Lipinski definition) is 3. The molecule has 0 radical (unpaired) electrons. The first-order valence-electron chi connectivity index (χ1n) is 8.44. The lowest BCUT2D eigenvalue weighted by Crippen LogP contribution is -2.41. The molecule has 1 atom stereocenters. The Morgan fingerprint density at radius 1 is 1.42 bits per heavy atom. The molecule has 0 fully saturated rings. The van der Waals surface area contributed by atoms with Gasteiger partial charge >= 0.3 is 0 Å². The zero-order chi connectivity index (χ0) is 17.7. The number of hydrogen-bond donors (Lipinski definition) is 3. The molecule has 1 amide bonds. The molecule has 3 N–H and O–H groups in total. The van der Waals surface area contributed by atoms with Gasteiger partial charge in [0.15, 0.2) is 0 Å². The molecular weight excluding hydrogens is 304 g/mol. The minimum absolute atomic E-state index is 0.105. The highest BCUT2D eigenvalue weighted by atomic mass is 16.5. The van der Waals surface area contributed by atoms with Crippen molar-refractivity contribution in [2.45, 2.75) is 45.6 Å². The molecule has 0 aliphatic rings. The number of rotatable bonds is 8. The maximum absolute atomic E-state index is 12.3. The first-order valence-corrected chi connectivity index (χ1v) is 8.44. The Balaban J connectivity index is 1.98. The van der Waals surface area contributed by atoms with Crippen molar-refractivity contribution in [2.75, 3.05) is 13.7 Å². The summed E-state index contributed by atoms with van der Waals surface area (Å²) in [5.41, 5.74) is 0.959. The number of benzene rings is 1. The summed E-state index contributed by atoms with van der Waals surface area (Å²) in [5.74, 6) is 1.18. The van der Waals surface area contributed by atoms with Crippen LogP contribution < -0.4 is 10.1 Å². The van der Waals surface area contributed by atoms with Gasteiger partial charge < -0.3 is 20.1 Å². The van der Waals surface area contributed by atoms with Crippen LogP contribution in [0.3, 0.4) is 0 Å². The summed E-state index contributed by atoms with van der Waals surface area (Å²) in [6.45, 7) is 6.28. The lowest BCUT2D eigenvalue weighted by molar-refractivity contribution is -0.121. The minimum atomic E-state index is -0.877. The Morgan fingerprint density at radius 2 is 2.17 bits per heavy atom. The van der Waals surface area contributed by atoms with Crippen LogP contribution >= 0.6 is 0 Å². The number of ether oxygens (including phenoxy) is 1. The number of amides is 1. The molecule has 2 rings (SSSR count). The second kappa shape index (κ2) is 7.71. The third-order valence-corrected chi connectivity index (χ3v) is 4.25. The van der Waals surface area contributed by atoms with E-state index in [1.54, 1.807) is 14.0 Å². The maximum Gasteiger partial charge on any atom is 0.224 e. The molecule has 0 saturated carbocycles. The Bertz CT molecular complexity index is 689. The molecule has 1 aromatic carbocycles. The smallest absolute Gasteiger partial charge is 0.224 e. The van der Waals surface area contributed by atoms with Gasteiger partial charge in [-0.25, -0.2) is 0 Å². The number of H-pyrrole nitrogens is 1. The molecular formula is C19H28N2O3. The topological polar surface area (TPSA) is 74.4 Å². The minimum Gasteiger partial charge on any atom is -0.496 e. The summed E-state index contributed by atoms with van der Waals surface area (Å²) in [6, 6.07) is 5.75. The number of aromatic nitrogens is 1. The van der Waals surface area contributed by atoms with Gasteiger partial charge in [-0.05, 0) is 43.4 Å². The molecule has 0 spiro atoms. The van der Waals surface area contributed by atoms with Gasteiger partial charge in [0.2, 0.25) is 5.91 Å². The van der Waals surface area contributed by atoms with E-state index >= 15 is 0 Å². The number of aliphatic hydroxyl groups is 1. The van der Waals surface area contributed by atoms with Gasteiger partial charge in [0, 0.05) is 23.6 Å². The summed E-state index contributed by atoms with van der Waals surface area (Å²) in [5, 5.41) is 14.1. The van der Waals surface area contributed by atoms with Crippen LogP contribution in [-0.2, 0) is 11.2 Å². The van der Waals surface area contributed by atoms with Gasteiger partial charge in [-0.1, -0.05) is 19.9 Å². The van der Waals surface area contributed by atoms with Crippen molar-refractivity contribution in [3.63, 3.8) is 0 Å². The van der Waals surface area contributed by atoms with Crippen molar-refractivity contribution in [2.24, 2.45) is 5.92 Å². The highest BCUT2D eigenvalue weighted by Gasteiger charge is 2.22. The number of methoxy groups -OCH3 is 1. The predicted molar refractivity (Wildman–Crippen MR) is 96.3 cm³/mol. The molecule has 24 heavy (non-hydrogen) atoms. The molecule has 2 aromatic rings. The Kier molecular flexibility index (Phi) is 5.89. The summed E-state index contributed by atoms with van der Waals surface area (Å²) < 4.78 is 5.38. The molecule has 1 heterocycles. The van der Waals surface area contributed by atoms with E-state index < -0.39 is 5.60 Å². The lowest BCUT2D eigenvalue weighted by atomic mass is 9.95. The van der Waals surface area contributed by atoms with Gasteiger partial charge in [0.25, 0.3) is 0 Å². The van der Waals surface area contributed by atoms with Crippen LogP contribution in [0.1, 0.15) is 39.2 Å². The predicted octanol–water partition coefficient (Wildman–Crippen LogP) is 3.02. The van der Waals surface area contributed by atoms with Crippen molar-refractivity contribution in [1.29, 1.82) is 0 Å². The van der Waals surface area contributed by atoms with E-state index in [0.29, 0.717) is 12.3 Å². The second-order valence-electron chi connectivity index (χ2n) is 7.08. The Morgan fingerprint density at radius 3 is 2.83 bits per heavy atom. The number of carbonyl (C=O) groups is 1. The molecule has 0 saturated heterocycles. The van der Waals surface area contributed by atoms with E-state index in [9.17, 15) is 9.90 Å². The summed E-state index contributed by atoms with van der Waals surface area (Å²) in [6.07, 6.45) is 3.69. The highest BCUT2D eigenvalue weighted by Crippen LogP contribution is 2.28. The maximum atomic E-state index is 12.3. The average molecular weight is 332 g/mol. The van der Waals surface area contributed by atoms with E-state index in [4.69, 9.17) is 4.74 Å². The van der Waals surface area contributed by atoms with Crippen LogP contribution in [0.4, 0.5) is 0 Å². The quantitative estimate of drug-likeness (QED) is 0.695. The first-order chi connectivity index (χ1) is 11.3. The van der Waals surface area contributed by atoms with E-state index in [1.165, 1.54) is 0 Å². The van der Waals surface area contributed by atoms with Crippen molar-refractivity contribution in [3.05, 3.63) is 30.0 Å². The fraction of sp³-hybridized carbons (Fsp3) is 0.526. The van der Waals surface area contributed by atoms with E-state index in [1.807, 2.05) is 24.4 Å². The molecule has 132 valence electrons. The van der Waals surface area contributed by atoms with Crippen molar-refractivity contribution >= 4 is 16.8 Å². The Hall–Kier alpha value is -2.01. The van der Waals surface area contributed by atoms with Gasteiger partial charge in [-0.2, -0.15) is 0 Å². The summed E-state index contributed by atoms with van der Waals surface area (Å²) in [7, 11) is 1.62. The fourth-order valence-corrected chi connectivity index (χ4v) is 2.74. The summed E-state index contributed by atoms with van der Waals surface area (Å²) in [4.78, 5) is 15.4. The molecule has 1 unspecified atom stereocenters. The van der Waals surface area contributed by atoms with Crippen molar-refractivity contribution in [1.82, 2.24) is 10.3 Å². The third kappa shape index (κ3) is 4.74. The molecule has 1 aromatic heterocycles. The van der Waals surface area contributed by atoms with Crippen LogP contribution in [0, 0.1) is 5.92 Å². The zero-order valence-corrected chi connectivity index (χ0v) is 15.0. The number of fused-ring (bicyclic) bond motifs is 1. The number of carbonyl (C=O) groups excluding carboxylic acids is 1. The van der Waals surface area contributed by atoms with E-state index in [0.717, 1.165) is 28.6 Å². The standard InChI is InChI=1S/C19H28N2O3/c1-13(2)8-9-19(3,23)12-21-17(22)10-14-11-20-15-6-5-7-16(24-4)18(14)15/h5-7,11,13,20,23H,8-10,12H2,1-4H3,(H,21,22). The average Bonchev–Trinajstić information content (AvgIpc) is 2.94.